The van der Waals surface area contributed by atoms with Crippen molar-refractivity contribution in [2.24, 2.45) is 0 Å². The Balaban J connectivity index is 0.000000215. The molecular weight excluding hydrogens is 400 g/mol. The number of non-ortho nitro benzene ring substituents is 1. The van der Waals surface area contributed by atoms with Crippen molar-refractivity contribution in [3.05, 3.63) is 84.9 Å². The summed E-state index contributed by atoms with van der Waals surface area (Å²) < 4.78 is 0. The van der Waals surface area contributed by atoms with Gasteiger partial charge in [0.05, 0.1) is 26.9 Å². The molecular formula is C17H14N6O7. The van der Waals surface area contributed by atoms with Gasteiger partial charge in [0.25, 0.3) is 11.4 Å². The standard InChI is InChI=1S/C11H11N3.C6H3N3O7/c12-10-7-6-9(11(13)14-10)8-4-2-1-3-5-8;10-6-4(8(13)14)1-3(7(11)12)2-5(6)9(15)16/h1-7H,(H4,12,13,14);1-2,10H. The summed E-state index contributed by atoms with van der Waals surface area (Å²) in [5.41, 5.74) is 10.2. The number of nitrogens with zero attached hydrogens (tertiary/aromatic N) is 4. The first-order chi connectivity index (χ1) is 14.1. The Bertz CT molecular complexity index is 1090. The van der Waals surface area contributed by atoms with Crippen LogP contribution in [0.15, 0.2) is 54.6 Å². The Morgan fingerprint density at radius 1 is 0.800 bits per heavy atom. The number of benzene rings is 2. The summed E-state index contributed by atoms with van der Waals surface area (Å²) >= 11 is 0. The quantitative estimate of drug-likeness (QED) is 0.418. The monoisotopic (exact) mass is 414 g/mol. The average Bonchev–Trinajstić information content (AvgIpc) is 2.68. The van der Waals surface area contributed by atoms with Crippen LogP contribution in [0.5, 0.6) is 5.75 Å². The van der Waals surface area contributed by atoms with Gasteiger partial charge < -0.3 is 16.6 Å². The first kappa shape index (κ1) is 21.5. The molecule has 0 fully saturated rings. The lowest BCUT2D eigenvalue weighted by molar-refractivity contribution is -0.404. The molecule has 0 saturated carbocycles. The minimum atomic E-state index is -1.21. The molecule has 2 aromatic carbocycles. The molecule has 13 heteroatoms. The maximum atomic E-state index is 10.4. The predicted molar refractivity (Wildman–Crippen MR) is 107 cm³/mol. The lowest BCUT2D eigenvalue weighted by Crippen LogP contribution is -1.97. The summed E-state index contributed by atoms with van der Waals surface area (Å²) in [6.07, 6.45) is 0. The Morgan fingerprint density at radius 3 is 1.77 bits per heavy atom. The van der Waals surface area contributed by atoms with Crippen LogP contribution in [0.3, 0.4) is 0 Å². The topological polar surface area (TPSA) is 215 Å². The Kier molecular flexibility index (Phi) is 6.39. The third kappa shape index (κ3) is 4.92. The minimum absolute atomic E-state index is 0.446. The van der Waals surface area contributed by atoms with E-state index in [0.29, 0.717) is 23.8 Å². The number of hydrogen-bond acceptors (Lipinski definition) is 10. The van der Waals surface area contributed by atoms with Crippen molar-refractivity contribution < 1.29 is 19.9 Å². The van der Waals surface area contributed by atoms with Crippen molar-refractivity contribution in [2.75, 3.05) is 11.5 Å². The molecule has 30 heavy (non-hydrogen) atoms. The molecule has 1 aromatic heterocycles. The van der Waals surface area contributed by atoms with Crippen molar-refractivity contribution in [3.8, 4) is 16.9 Å². The first-order valence-corrected chi connectivity index (χ1v) is 7.99. The van der Waals surface area contributed by atoms with Crippen molar-refractivity contribution in [1.29, 1.82) is 0 Å². The van der Waals surface area contributed by atoms with E-state index in [1.165, 1.54) is 0 Å². The van der Waals surface area contributed by atoms with E-state index in [9.17, 15) is 30.3 Å². The molecule has 0 atom stereocenters. The Morgan fingerprint density at radius 2 is 1.33 bits per heavy atom. The molecule has 0 amide bonds. The highest BCUT2D eigenvalue weighted by atomic mass is 16.6. The van der Waals surface area contributed by atoms with Crippen LogP contribution >= 0.6 is 0 Å². The van der Waals surface area contributed by atoms with Crippen molar-refractivity contribution in [2.45, 2.75) is 0 Å². The van der Waals surface area contributed by atoms with Gasteiger partial charge >= 0.3 is 11.4 Å². The summed E-state index contributed by atoms with van der Waals surface area (Å²) in [6.45, 7) is 0. The first-order valence-electron chi connectivity index (χ1n) is 7.99. The van der Waals surface area contributed by atoms with Crippen LogP contribution in [0, 0.1) is 30.3 Å². The second-order valence-corrected chi connectivity index (χ2v) is 5.64. The molecule has 0 aliphatic carbocycles. The number of phenols is 1. The molecule has 0 radical (unpaired) electrons. The SMILES string of the molecule is Nc1ccc(-c2ccccc2)c(N)n1.O=[N+]([O-])c1cc([N+](=O)[O-])c(O)c([N+](=O)[O-])c1. The number of nitro benzene ring substituents is 3. The molecule has 5 N–H and O–H groups in total. The van der Waals surface area contributed by atoms with E-state index in [1.807, 2.05) is 36.4 Å². The van der Waals surface area contributed by atoms with Gasteiger partial charge in [-0.05, 0) is 17.7 Å². The summed E-state index contributed by atoms with van der Waals surface area (Å²) in [5, 5.41) is 40.2. The van der Waals surface area contributed by atoms with Gasteiger partial charge in [0.1, 0.15) is 11.6 Å². The number of nitrogens with two attached hydrogens (primary N) is 2. The number of pyridine rings is 1. The van der Waals surface area contributed by atoms with E-state index >= 15 is 0 Å². The number of hydrogen-bond donors (Lipinski definition) is 3. The van der Waals surface area contributed by atoms with E-state index in [2.05, 4.69) is 4.98 Å². The highest BCUT2D eigenvalue weighted by molar-refractivity contribution is 5.74. The van der Waals surface area contributed by atoms with Crippen LogP contribution in [-0.4, -0.2) is 24.9 Å². The van der Waals surface area contributed by atoms with Gasteiger partial charge in [-0.15, -0.1) is 0 Å². The zero-order valence-corrected chi connectivity index (χ0v) is 15.0. The Hall–Kier alpha value is -4.81. The second-order valence-electron chi connectivity index (χ2n) is 5.64. The summed E-state index contributed by atoms with van der Waals surface area (Å²) in [6, 6.07) is 14.4. The molecule has 3 rings (SSSR count). The van der Waals surface area contributed by atoms with Crippen LogP contribution < -0.4 is 11.5 Å². The van der Waals surface area contributed by atoms with E-state index in [4.69, 9.17) is 16.6 Å². The number of nitrogen functional groups attached to an aromatic ring is 2. The maximum absolute atomic E-state index is 10.4. The van der Waals surface area contributed by atoms with Crippen molar-refractivity contribution in [3.63, 3.8) is 0 Å². The van der Waals surface area contributed by atoms with Gasteiger partial charge in [-0.1, -0.05) is 30.3 Å². The van der Waals surface area contributed by atoms with Gasteiger partial charge in [0.2, 0.25) is 0 Å². The molecule has 0 spiro atoms. The van der Waals surface area contributed by atoms with Crippen LogP contribution in [0.2, 0.25) is 0 Å². The smallest absolute Gasteiger partial charge is 0.324 e. The number of phenolic OH excluding ortho intramolecular Hbond substituents is 1. The number of anilines is 2. The normalized spacial score (nSPS) is 9.87. The van der Waals surface area contributed by atoms with E-state index < -0.39 is 37.6 Å². The molecule has 0 aliphatic rings. The molecule has 154 valence electrons. The molecule has 0 saturated heterocycles. The van der Waals surface area contributed by atoms with Crippen LogP contribution in [0.1, 0.15) is 0 Å². The maximum Gasteiger partial charge on any atom is 0.324 e. The Labute approximate surface area is 167 Å². The predicted octanol–water partition coefficient (Wildman–Crippen LogP) is 3.03. The average molecular weight is 414 g/mol. The van der Waals surface area contributed by atoms with Gasteiger partial charge in [-0.25, -0.2) is 4.98 Å². The number of aromatic hydroxyl groups is 1. The zero-order valence-electron chi connectivity index (χ0n) is 15.0. The largest absolute Gasteiger partial charge is 0.497 e. The highest BCUT2D eigenvalue weighted by Crippen LogP contribution is 2.38. The van der Waals surface area contributed by atoms with E-state index in [-0.39, 0.29) is 0 Å². The molecule has 1 heterocycles. The lowest BCUT2D eigenvalue weighted by atomic mass is 10.1. The van der Waals surface area contributed by atoms with Gasteiger partial charge in [0, 0.05) is 5.56 Å². The molecule has 13 nitrogen and oxygen atoms in total. The fraction of sp³-hybridized carbons (Fsp3) is 0. The molecule has 0 unspecified atom stereocenters. The van der Waals surface area contributed by atoms with Crippen LogP contribution in [-0.2, 0) is 0 Å². The third-order valence-corrected chi connectivity index (χ3v) is 3.69. The van der Waals surface area contributed by atoms with Crippen molar-refractivity contribution >= 4 is 28.7 Å². The molecule has 3 aromatic rings. The summed E-state index contributed by atoms with van der Waals surface area (Å²) in [4.78, 5) is 31.8. The fourth-order valence-corrected chi connectivity index (χ4v) is 2.33. The minimum Gasteiger partial charge on any atom is -0.497 e. The number of nitro groups is 3. The lowest BCUT2D eigenvalue weighted by Gasteiger charge is -2.04. The summed E-state index contributed by atoms with van der Waals surface area (Å²) in [5.74, 6) is -0.293. The third-order valence-electron chi connectivity index (χ3n) is 3.69. The van der Waals surface area contributed by atoms with E-state index in [1.54, 1.807) is 6.07 Å². The highest BCUT2D eigenvalue weighted by Gasteiger charge is 2.30. The number of aromatic nitrogens is 1. The van der Waals surface area contributed by atoms with Crippen molar-refractivity contribution in [1.82, 2.24) is 4.98 Å². The molecule has 0 aliphatic heterocycles. The van der Waals surface area contributed by atoms with Crippen LogP contribution in [0.25, 0.3) is 11.1 Å². The summed E-state index contributed by atoms with van der Waals surface area (Å²) in [7, 11) is 0. The number of rotatable bonds is 4. The fourth-order valence-electron chi connectivity index (χ4n) is 2.33. The molecule has 0 bridgehead atoms. The second kappa shape index (κ2) is 8.92. The van der Waals surface area contributed by atoms with Gasteiger partial charge in [-0.3, -0.25) is 30.3 Å². The van der Waals surface area contributed by atoms with E-state index in [0.717, 1.165) is 11.1 Å². The van der Waals surface area contributed by atoms with Gasteiger partial charge in [-0.2, -0.15) is 0 Å². The zero-order chi connectivity index (χ0) is 22.4. The van der Waals surface area contributed by atoms with Gasteiger partial charge in [0.15, 0.2) is 0 Å². The van der Waals surface area contributed by atoms with Crippen LogP contribution in [0.4, 0.5) is 28.7 Å².